The molecule has 0 radical (unpaired) electrons. The zero-order valence-electron chi connectivity index (χ0n) is 17.1. The van der Waals surface area contributed by atoms with E-state index in [1.165, 1.54) is 16.7 Å². The van der Waals surface area contributed by atoms with Crippen molar-refractivity contribution in [2.75, 3.05) is 5.01 Å². The molecule has 5 rings (SSSR count). The predicted octanol–water partition coefficient (Wildman–Crippen LogP) is 4.86. The number of rotatable bonds is 5. The van der Waals surface area contributed by atoms with Gasteiger partial charge < -0.3 is 9.30 Å². The van der Waals surface area contributed by atoms with E-state index in [-0.39, 0.29) is 33.3 Å². The number of anilines is 1. The highest BCUT2D eigenvalue weighted by atomic mass is 35.5. The molecule has 1 aliphatic carbocycles. The number of ether oxygens (including phenoxy) is 1. The van der Waals surface area contributed by atoms with E-state index < -0.39 is 24.4 Å². The molecule has 2 aromatic carbocycles. The maximum Gasteiger partial charge on any atom is 0.343 e. The van der Waals surface area contributed by atoms with Gasteiger partial charge in [-0.2, -0.15) is 10.7 Å². The summed E-state index contributed by atoms with van der Waals surface area (Å²) in [7, 11) is 0. The Labute approximate surface area is 200 Å². The van der Waals surface area contributed by atoms with Crippen molar-refractivity contribution in [2.24, 2.45) is 0 Å². The first-order valence-corrected chi connectivity index (χ1v) is 10.8. The van der Waals surface area contributed by atoms with Gasteiger partial charge in [0.1, 0.15) is 5.75 Å². The number of nitrogens with one attached hydrogen (secondary N) is 2. The molecule has 1 saturated carbocycles. The average molecular weight is 507 g/mol. The molecule has 2 heterocycles. The molecule has 2 aliphatic rings. The topological polar surface area (TPSA) is 112 Å². The quantitative estimate of drug-likeness (QED) is 0.510. The van der Waals surface area contributed by atoms with Crippen molar-refractivity contribution < 1.29 is 23.1 Å². The largest absolute Gasteiger partial charge is 0.454 e. The van der Waals surface area contributed by atoms with Gasteiger partial charge in [0.2, 0.25) is 0 Å². The van der Waals surface area contributed by atoms with Gasteiger partial charge in [-0.3, -0.25) is 10.1 Å². The van der Waals surface area contributed by atoms with Gasteiger partial charge in [0.15, 0.2) is 17.6 Å². The third-order valence-corrected chi connectivity index (χ3v) is 5.90. The lowest BCUT2D eigenvalue weighted by molar-refractivity contribution is -0.121. The summed E-state index contributed by atoms with van der Waals surface area (Å²) in [5.41, 5.74) is 3.58. The molecule has 2 fully saturated rings. The molecule has 9 nitrogen and oxygen atoms in total. The normalized spacial score (nSPS) is 18.4. The summed E-state index contributed by atoms with van der Waals surface area (Å²) in [6.07, 6.45) is -1.11. The molecule has 3 amide bonds. The Morgan fingerprint density at radius 1 is 1.18 bits per heavy atom. The second kappa shape index (κ2) is 8.39. The fourth-order valence-corrected chi connectivity index (χ4v) is 4.23. The molecular weight excluding hydrogens is 493 g/mol. The van der Waals surface area contributed by atoms with E-state index in [0.29, 0.717) is 16.8 Å². The van der Waals surface area contributed by atoms with Crippen molar-refractivity contribution in [1.82, 2.24) is 20.3 Å². The molecule has 1 saturated heterocycles. The van der Waals surface area contributed by atoms with Gasteiger partial charge in [0.05, 0.1) is 32.8 Å². The number of hydrazine groups is 1. The second-order valence-electron chi connectivity index (χ2n) is 7.68. The van der Waals surface area contributed by atoms with Crippen molar-refractivity contribution in [3.05, 3.63) is 46.2 Å². The van der Waals surface area contributed by atoms with Crippen LogP contribution < -0.4 is 20.5 Å². The summed E-state index contributed by atoms with van der Waals surface area (Å²) in [4.78, 5) is 27.9. The number of nitrogens with zero attached hydrogens (tertiary/aromatic N) is 4. The van der Waals surface area contributed by atoms with E-state index >= 15 is 0 Å². The van der Waals surface area contributed by atoms with Gasteiger partial charge in [-0.15, -0.1) is 0 Å². The van der Waals surface area contributed by atoms with Crippen LogP contribution in [-0.2, 0) is 4.79 Å². The fourth-order valence-electron chi connectivity index (χ4n) is 3.68. The number of hydrogen-bond acceptors (Lipinski definition) is 6. The van der Waals surface area contributed by atoms with E-state index in [1.54, 1.807) is 24.3 Å². The van der Waals surface area contributed by atoms with Crippen molar-refractivity contribution in [3.63, 3.8) is 0 Å². The maximum absolute atomic E-state index is 13.5. The number of benzene rings is 2. The average Bonchev–Trinajstić information content (AvgIpc) is 3.55. The molecule has 1 atom stereocenters. The molecule has 3 aromatic rings. The number of imidazole rings is 1. The highest BCUT2D eigenvalue weighted by Gasteiger charge is 2.34. The highest BCUT2D eigenvalue weighted by molar-refractivity contribution is 6.37. The third-order valence-electron chi connectivity index (χ3n) is 5.34. The van der Waals surface area contributed by atoms with Crippen LogP contribution in [0, 0.1) is 11.3 Å². The first-order valence-electron chi connectivity index (χ1n) is 10.0. The number of imide groups is 1. The smallest absolute Gasteiger partial charge is 0.343 e. The van der Waals surface area contributed by atoms with Crippen LogP contribution >= 0.6 is 23.2 Å². The van der Waals surface area contributed by atoms with Crippen LogP contribution in [0.1, 0.15) is 31.1 Å². The lowest BCUT2D eigenvalue weighted by atomic mass is 10.2. The number of alkyl halides is 2. The third kappa shape index (κ3) is 3.90. The monoisotopic (exact) mass is 506 g/mol. The Hall–Kier alpha value is -3.46. The zero-order valence-corrected chi connectivity index (χ0v) is 18.6. The maximum atomic E-state index is 13.5. The highest BCUT2D eigenvalue weighted by Crippen LogP contribution is 2.43. The van der Waals surface area contributed by atoms with E-state index in [4.69, 9.17) is 33.2 Å². The number of amides is 3. The summed E-state index contributed by atoms with van der Waals surface area (Å²) < 4.78 is 34.3. The SMILES string of the molecule is N#CC1NN(c2cc(Cl)c(Oc3ccc4nc(C(F)F)n(C5CC5)c4c3)c(Cl)c2)C(=O)NC1=O. The Kier molecular flexibility index (Phi) is 5.51. The number of fused-ring (bicyclic) bond motifs is 1. The number of nitriles is 1. The minimum atomic E-state index is -2.70. The number of aromatic nitrogens is 2. The standard InChI is InChI=1S/C21H14Cl2F2N6O3/c22-12-5-10(31-21(33)28-20(32)15(8-26)29-31)6-13(23)17(12)34-11-3-4-14-16(7-11)30(9-1-2-9)19(27-14)18(24)25/h3-7,9,15,18,29H,1-2H2,(H,28,32,33). The molecular formula is C21H14Cl2F2N6O3. The fraction of sp³-hybridized carbons (Fsp3) is 0.238. The van der Waals surface area contributed by atoms with Crippen molar-refractivity contribution >= 4 is 51.9 Å². The Balaban J connectivity index is 1.46. The molecule has 0 spiro atoms. The van der Waals surface area contributed by atoms with Crippen molar-refractivity contribution in [2.45, 2.75) is 31.4 Å². The van der Waals surface area contributed by atoms with E-state index in [1.807, 2.05) is 0 Å². The number of carbonyl (C=O) groups is 2. The Morgan fingerprint density at radius 2 is 1.88 bits per heavy atom. The summed E-state index contributed by atoms with van der Waals surface area (Å²) in [6, 6.07) is 7.06. The van der Waals surface area contributed by atoms with Crippen LogP contribution in [0.3, 0.4) is 0 Å². The van der Waals surface area contributed by atoms with Crippen LogP contribution in [0.25, 0.3) is 11.0 Å². The number of halogens is 4. The summed E-state index contributed by atoms with van der Waals surface area (Å²) in [6.45, 7) is 0. The van der Waals surface area contributed by atoms with E-state index in [0.717, 1.165) is 17.9 Å². The molecule has 1 aromatic heterocycles. The summed E-state index contributed by atoms with van der Waals surface area (Å²) in [5.74, 6) is -0.688. The minimum absolute atomic E-state index is 0.0250. The molecule has 13 heteroatoms. The lowest BCUT2D eigenvalue weighted by Gasteiger charge is -2.30. The van der Waals surface area contributed by atoms with E-state index in [9.17, 15) is 18.4 Å². The van der Waals surface area contributed by atoms with Crippen molar-refractivity contribution in [1.29, 1.82) is 5.26 Å². The van der Waals surface area contributed by atoms with Crippen LogP contribution in [-0.4, -0.2) is 27.5 Å². The first-order chi connectivity index (χ1) is 16.3. The van der Waals surface area contributed by atoms with Crippen LogP contribution in [0.15, 0.2) is 30.3 Å². The molecule has 34 heavy (non-hydrogen) atoms. The molecule has 174 valence electrons. The van der Waals surface area contributed by atoms with Gasteiger partial charge in [0.25, 0.3) is 12.3 Å². The van der Waals surface area contributed by atoms with Crippen LogP contribution in [0.2, 0.25) is 10.0 Å². The van der Waals surface area contributed by atoms with Gasteiger partial charge in [-0.25, -0.2) is 23.6 Å². The number of carbonyl (C=O) groups excluding carboxylic acids is 2. The predicted molar refractivity (Wildman–Crippen MR) is 118 cm³/mol. The van der Waals surface area contributed by atoms with Crippen molar-refractivity contribution in [3.8, 4) is 17.6 Å². The minimum Gasteiger partial charge on any atom is -0.454 e. The van der Waals surface area contributed by atoms with Gasteiger partial charge >= 0.3 is 6.03 Å². The number of urea groups is 1. The second-order valence-corrected chi connectivity index (χ2v) is 8.50. The lowest BCUT2D eigenvalue weighted by Crippen LogP contribution is -2.64. The molecule has 2 N–H and O–H groups in total. The molecule has 0 bridgehead atoms. The molecule has 1 aliphatic heterocycles. The van der Waals surface area contributed by atoms with Crippen LogP contribution in [0.4, 0.5) is 19.3 Å². The summed E-state index contributed by atoms with van der Waals surface area (Å²) >= 11 is 12.7. The Morgan fingerprint density at radius 3 is 2.50 bits per heavy atom. The zero-order chi connectivity index (χ0) is 24.1. The molecule has 1 unspecified atom stereocenters. The van der Waals surface area contributed by atoms with E-state index in [2.05, 4.69) is 15.7 Å². The number of hydrogen-bond donors (Lipinski definition) is 2. The van der Waals surface area contributed by atoms with Gasteiger partial charge in [-0.05, 0) is 37.1 Å². The first kappa shape index (κ1) is 22.3. The van der Waals surface area contributed by atoms with Gasteiger partial charge in [-0.1, -0.05) is 23.2 Å². The Bertz CT molecular complexity index is 1360. The summed E-state index contributed by atoms with van der Waals surface area (Å²) in [5, 5.41) is 12.1. The van der Waals surface area contributed by atoms with Gasteiger partial charge in [0, 0.05) is 12.1 Å². The van der Waals surface area contributed by atoms with Crippen LogP contribution in [0.5, 0.6) is 11.5 Å².